The standard InChI is InChI=1S/C17H18FNO3/c1-21-15-9-7-14(8-10-15)19-16(11-17(20)22-2)12-3-5-13(18)6-4-12/h3-10,16,19H,11H2,1-2H3/t16-/m0/s1. The minimum atomic E-state index is -0.338. The van der Waals surface area contributed by atoms with E-state index in [1.807, 2.05) is 24.3 Å². The monoisotopic (exact) mass is 303 g/mol. The predicted octanol–water partition coefficient (Wildman–Crippen LogP) is 3.55. The number of rotatable bonds is 6. The maximum absolute atomic E-state index is 13.1. The molecule has 0 aliphatic carbocycles. The van der Waals surface area contributed by atoms with Crippen LogP contribution < -0.4 is 10.1 Å². The Morgan fingerprint density at radius 3 is 2.27 bits per heavy atom. The van der Waals surface area contributed by atoms with Gasteiger partial charge in [0.05, 0.1) is 26.7 Å². The summed E-state index contributed by atoms with van der Waals surface area (Å²) in [6, 6.07) is 13.1. The van der Waals surface area contributed by atoms with Gasteiger partial charge in [0.1, 0.15) is 11.6 Å². The molecule has 22 heavy (non-hydrogen) atoms. The van der Waals surface area contributed by atoms with Gasteiger partial charge in [-0.3, -0.25) is 4.79 Å². The van der Waals surface area contributed by atoms with Crippen molar-refractivity contribution in [3.8, 4) is 5.75 Å². The minimum Gasteiger partial charge on any atom is -0.497 e. The van der Waals surface area contributed by atoms with Crippen LogP contribution in [-0.4, -0.2) is 20.2 Å². The van der Waals surface area contributed by atoms with Gasteiger partial charge in [-0.2, -0.15) is 0 Å². The highest BCUT2D eigenvalue weighted by Crippen LogP contribution is 2.25. The van der Waals surface area contributed by atoms with Crippen LogP contribution in [0, 0.1) is 5.82 Å². The van der Waals surface area contributed by atoms with Gasteiger partial charge in [-0.05, 0) is 42.0 Å². The summed E-state index contributed by atoms with van der Waals surface area (Å²) < 4.78 is 22.9. The molecule has 0 saturated heterocycles. The lowest BCUT2D eigenvalue weighted by Gasteiger charge is -2.19. The highest BCUT2D eigenvalue weighted by Gasteiger charge is 2.16. The van der Waals surface area contributed by atoms with Crippen LogP contribution in [-0.2, 0) is 9.53 Å². The second kappa shape index (κ2) is 7.45. The van der Waals surface area contributed by atoms with Crippen LogP contribution in [0.5, 0.6) is 5.75 Å². The van der Waals surface area contributed by atoms with E-state index in [2.05, 4.69) is 5.32 Å². The van der Waals surface area contributed by atoms with Gasteiger partial charge in [0.25, 0.3) is 0 Å². The normalized spacial score (nSPS) is 11.6. The summed E-state index contributed by atoms with van der Waals surface area (Å²) >= 11 is 0. The number of anilines is 1. The number of hydrogen-bond acceptors (Lipinski definition) is 4. The molecule has 2 aromatic rings. The number of carbonyl (C=O) groups is 1. The first-order valence-electron chi connectivity index (χ1n) is 6.85. The summed E-state index contributed by atoms with van der Waals surface area (Å²) in [5.74, 6) is 0.0946. The molecule has 0 radical (unpaired) electrons. The lowest BCUT2D eigenvalue weighted by Crippen LogP contribution is -2.16. The number of ether oxygens (including phenoxy) is 2. The Bertz CT molecular complexity index is 611. The minimum absolute atomic E-state index is 0.147. The van der Waals surface area contributed by atoms with E-state index in [4.69, 9.17) is 9.47 Å². The van der Waals surface area contributed by atoms with Crippen molar-refractivity contribution in [1.29, 1.82) is 0 Å². The first kappa shape index (κ1) is 15.8. The molecule has 1 N–H and O–H groups in total. The number of methoxy groups -OCH3 is 2. The van der Waals surface area contributed by atoms with E-state index in [-0.39, 0.29) is 24.2 Å². The summed E-state index contributed by atoms with van der Waals surface area (Å²) in [7, 11) is 2.94. The zero-order valence-electron chi connectivity index (χ0n) is 12.5. The van der Waals surface area contributed by atoms with Crippen LogP contribution >= 0.6 is 0 Å². The molecular weight excluding hydrogens is 285 g/mol. The SMILES string of the molecule is COC(=O)C[C@H](Nc1ccc(OC)cc1)c1ccc(F)cc1. The molecule has 116 valence electrons. The quantitative estimate of drug-likeness (QED) is 0.829. The Hall–Kier alpha value is -2.56. The molecule has 0 amide bonds. The van der Waals surface area contributed by atoms with Gasteiger partial charge in [0.15, 0.2) is 0 Å². The Morgan fingerprint density at radius 1 is 1.09 bits per heavy atom. The van der Waals surface area contributed by atoms with Gasteiger partial charge in [0.2, 0.25) is 0 Å². The number of carbonyl (C=O) groups excluding carboxylic acids is 1. The summed E-state index contributed by atoms with van der Waals surface area (Å²) in [5.41, 5.74) is 1.64. The Kier molecular flexibility index (Phi) is 5.36. The largest absolute Gasteiger partial charge is 0.497 e. The number of benzene rings is 2. The summed E-state index contributed by atoms with van der Waals surface area (Å²) in [5, 5.41) is 3.25. The van der Waals surface area contributed by atoms with Crippen molar-refractivity contribution in [3.05, 3.63) is 59.9 Å². The van der Waals surface area contributed by atoms with E-state index in [1.54, 1.807) is 19.2 Å². The second-order valence-corrected chi connectivity index (χ2v) is 4.76. The Labute approximate surface area is 128 Å². The van der Waals surface area contributed by atoms with E-state index in [0.717, 1.165) is 17.0 Å². The van der Waals surface area contributed by atoms with E-state index in [9.17, 15) is 9.18 Å². The molecule has 1 atom stereocenters. The fourth-order valence-electron chi connectivity index (χ4n) is 2.09. The number of nitrogens with one attached hydrogen (secondary N) is 1. The van der Waals surface area contributed by atoms with Crippen LogP contribution in [0.4, 0.5) is 10.1 Å². The maximum Gasteiger partial charge on any atom is 0.307 e. The van der Waals surface area contributed by atoms with E-state index < -0.39 is 0 Å². The summed E-state index contributed by atoms with van der Waals surface area (Å²) in [4.78, 5) is 11.6. The van der Waals surface area contributed by atoms with Gasteiger partial charge >= 0.3 is 5.97 Å². The molecule has 2 aromatic carbocycles. The molecule has 4 nitrogen and oxygen atoms in total. The first-order valence-corrected chi connectivity index (χ1v) is 6.85. The number of halogens is 1. The van der Waals surface area contributed by atoms with Crippen LogP contribution in [0.25, 0.3) is 0 Å². The molecule has 0 aliphatic heterocycles. The van der Waals surface area contributed by atoms with E-state index >= 15 is 0 Å². The van der Waals surface area contributed by atoms with Gasteiger partial charge < -0.3 is 14.8 Å². The van der Waals surface area contributed by atoms with Crippen LogP contribution in [0.1, 0.15) is 18.0 Å². The number of esters is 1. The fraction of sp³-hybridized carbons (Fsp3) is 0.235. The molecule has 0 fully saturated rings. The van der Waals surface area contributed by atoms with Gasteiger partial charge in [-0.1, -0.05) is 12.1 Å². The van der Waals surface area contributed by atoms with Crippen LogP contribution in [0.3, 0.4) is 0 Å². The molecule has 2 rings (SSSR count). The molecule has 0 aliphatic rings. The molecule has 0 spiro atoms. The molecule has 5 heteroatoms. The Balaban J connectivity index is 2.19. The van der Waals surface area contributed by atoms with Gasteiger partial charge in [0, 0.05) is 5.69 Å². The molecule has 0 unspecified atom stereocenters. The fourth-order valence-corrected chi connectivity index (χ4v) is 2.09. The van der Waals surface area contributed by atoms with Crippen molar-refractivity contribution >= 4 is 11.7 Å². The molecule has 0 heterocycles. The second-order valence-electron chi connectivity index (χ2n) is 4.76. The van der Waals surface area contributed by atoms with Gasteiger partial charge in [-0.15, -0.1) is 0 Å². The zero-order chi connectivity index (χ0) is 15.9. The Morgan fingerprint density at radius 2 is 1.73 bits per heavy atom. The third-order valence-corrected chi connectivity index (χ3v) is 3.30. The molecule has 0 bridgehead atoms. The smallest absolute Gasteiger partial charge is 0.307 e. The lowest BCUT2D eigenvalue weighted by molar-refractivity contribution is -0.140. The third kappa shape index (κ3) is 4.22. The van der Waals surface area contributed by atoms with Crippen LogP contribution in [0.15, 0.2) is 48.5 Å². The van der Waals surface area contributed by atoms with E-state index in [1.165, 1.54) is 19.2 Å². The zero-order valence-corrected chi connectivity index (χ0v) is 12.5. The molecule has 0 saturated carbocycles. The van der Waals surface area contributed by atoms with Crippen molar-refractivity contribution < 1.29 is 18.7 Å². The topological polar surface area (TPSA) is 47.6 Å². The molecule has 0 aromatic heterocycles. The molecular formula is C17H18FNO3. The van der Waals surface area contributed by atoms with Gasteiger partial charge in [-0.25, -0.2) is 4.39 Å². The number of hydrogen-bond donors (Lipinski definition) is 1. The van der Waals surface area contributed by atoms with Crippen LogP contribution in [0.2, 0.25) is 0 Å². The van der Waals surface area contributed by atoms with Crippen molar-refractivity contribution in [1.82, 2.24) is 0 Å². The van der Waals surface area contributed by atoms with E-state index in [0.29, 0.717) is 0 Å². The highest BCUT2D eigenvalue weighted by molar-refractivity contribution is 5.71. The van der Waals surface area contributed by atoms with Crippen molar-refractivity contribution in [2.45, 2.75) is 12.5 Å². The van der Waals surface area contributed by atoms with Crippen molar-refractivity contribution in [3.63, 3.8) is 0 Å². The first-order chi connectivity index (χ1) is 10.6. The third-order valence-electron chi connectivity index (χ3n) is 3.30. The average molecular weight is 303 g/mol. The lowest BCUT2D eigenvalue weighted by atomic mass is 10.0. The summed E-state index contributed by atoms with van der Waals surface area (Å²) in [6.07, 6.45) is 0.147. The van der Waals surface area contributed by atoms with Crippen molar-refractivity contribution in [2.75, 3.05) is 19.5 Å². The highest BCUT2D eigenvalue weighted by atomic mass is 19.1. The average Bonchev–Trinajstić information content (AvgIpc) is 2.55. The maximum atomic E-state index is 13.1. The predicted molar refractivity (Wildman–Crippen MR) is 82.4 cm³/mol. The van der Waals surface area contributed by atoms with Crippen molar-refractivity contribution in [2.24, 2.45) is 0 Å². The summed E-state index contributed by atoms with van der Waals surface area (Å²) in [6.45, 7) is 0.